The summed E-state index contributed by atoms with van der Waals surface area (Å²) in [7, 11) is 0. The average molecular weight is 145 g/mol. The summed E-state index contributed by atoms with van der Waals surface area (Å²) in [4.78, 5) is 11.2. The number of carbonyl (C=O) groups is 1. The molecular formula is C10H9O. The van der Waals surface area contributed by atoms with Gasteiger partial charge in [0.05, 0.1) is 0 Å². The Kier molecular flexibility index (Phi) is 2.21. The van der Waals surface area contributed by atoms with E-state index >= 15 is 0 Å². The molecule has 1 heteroatoms. The minimum atomic E-state index is -0.000926. The first-order valence-corrected chi connectivity index (χ1v) is 3.38. The molecule has 0 saturated heterocycles. The Labute approximate surface area is 66.4 Å². The molecule has 11 heavy (non-hydrogen) atoms. The van der Waals surface area contributed by atoms with Crippen molar-refractivity contribution < 1.29 is 4.79 Å². The molecule has 0 aliphatic heterocycles. The highest BCUT2D eigenvalue weighted by Crippen LogP contribution is 2.04. The second-order valence-corrected chi connectivity index (χ2v) is 2.40. The Hall–Kier alpha value is -1.37. The van der Waals surface area contributed by atoms with Gasteiger partial charge in [0.15, 0.2) is 5.78 Å². The van der Waals surface area contributed by atoms with Crippen molar-refractivity contribution in [3.8, 4) is 0 Å². The largest absolute Gasteiger partial charge is 0.289 e. The molecule has 0 spiro atoms. The molecule has 0 saturated carbocycles. The molecule has 0 fully saturated rings. The Morgan fingerprint density at radius 1 is 1.45 bits per heavy atom. The first-order chi connectivity index (χ1) is 5.22. The SMILES string of the molecule is C=C(C)C(=O)c1cc[c]cc1. The van der Waals surface area contributed by atoms with E-state index in [1.54, 1.807) is 31.2 Å². The first kappa shape index (κ1) is 7.73. The highest BCUT2D eigenvalue weighted by Gasteiger charge is 2.03. The van der Waals surface area contributed by atoms with Crippen molar-refractivity contribution in [2.45, 2.75) is 6.92 Å². The molecule has 0 amide bonds. The van der Waals surface area contributed by atoms with Gasteiger partial charge in [-0.3, -0.25) is 4.79 Å². The van der Waals surface area contributed by atoms with Crippen LogP contribution in [0, 0.1) is 6.07 Å². The van der Waals surface area contributed by atoms with Crippen molar-refractivity contribution in [3.05, 3.63) is 48.0 Å². The maximum absolute atomic E-state index is 11.2. The van der Waals surface area contributed by atoms with Crippen molar-refractivity contribution in [2.24, 2.45) is 0 Å². The zero-order valence-corrected chi connectivity index (χ0v) is 6.42. The minimum absolute atomic E-state index is 0.000926. The molecule has 0 heterocycles. The van der Waals surface area contributed by atoms with Gasteiger partial charge in [-0.25, -0.2) is 0 Å². The fourth-order valence-electron chi connectivity index (χ4n) is 0.785. The molecule has 1 rings (SSSR count). The number of Topliss-reactive ketones (excluding diaryl/α,β-unsaturated/α-hetero) is 1. The third kappa shape index (κ3) is 1.77. The standard InChI is InChI=1S/C10H9O/c1-8(2)10(11)9-6-4-3-5-7-9/h4-7H,1H2,2H3. The minimum Gasteiger partial charge on any atom is -0.289 e. The molecule has 0 atom stereocenters. The zero-order valence-electron chi connectivity index (χ0n) is 6.42. The Bertz CT molecular complexity index is 272. The molecule has 0 N–H and O–H groups in total. The molecule has 1 nitrogen and oxygen atoms in total. The van der Waals surface area contributed by atoms with Crippen LogP contribution >= 0.6 is 0 Å². The fourth-order valence-corrected chi connectivity index (χ4v) is 0.785. The molecule has 55 valence electrons. The molecule has 0 aliphatic rings. The quantitative estimate of drug-likeness (QED) is 0.460. The third-order valence-corrected chi connectivity index (χ3v) is 1.37. The zero-order chi connectivity index (χ0) is 8.27. The monoisotopic (exact) mass is 145 g/mol. The highest BCUT2D eigenvalue weighted by molar-refractivity contribution is 6.07. The van der Waals surface area contributed by atoms with Crippen LogP contribution in [0.5, 0.6) is 0 Å². The predicted molar refractivity (Wildman–Crippen MR) is 44.4 cm³/mol. The van der Waals surface area contributed by atoms with Crippen LogP contribution < -0.4 is 0 Å². The van der Waals surface area contributed by atoms with Crippen molar-refractivity contribution in [2.75, 3.05) is 0 Å². The molecule has 0 aromatic heterocycles. The summed E-state index contributed by atoms with van der Waals surface area (Å²) in [6, 6.07) is 9.75. The van der Waals surface area contributed by atoms with Crippen molar-refractivity contribution >= 4 is 5.78 Å². The van der Waals surface area contributed by atoms with Gasteiger partial charge in [0.1, 0.15) is 0 Å². The number of allylic oxidation sites excluding steroid dienone is 1. The molecule has 0 aliphatic carbocycles. The van der Waals surface area contributed by atoms with Crippen LogP contribution in [-0.4, -0.2) is 5.78 Å². The second-order valence-electron chi connectivity index (χ2n) is 2.40. The number of hydrogen-bond donors (Lipinski definition) is 0. The van der Waals surface area contributed by atoms with Crippen molar-refractivity contribution in [1.82, 2.24) is 0 Å². The van der Waals surface area contributed by atoms with Crippen molar-refractivity contribution in [3.63, 3.8) is 0 Å². The lowest BCUT2D eigenvalue weighted by molar-refractivity contribution is 0.103. The van der Waals surface area contributed by atoms with E-state index in [0.29, 0.717) is 11.1 Å². The number of hydrogen-bond acceptors (Lipinski definition) is 1. The molecule has 0 unspecified atom stereocenters. The lowest BCUT2D eigenvalue weighted by Crippen LogP contribution is -1.98. The lowest BCUT2D eigenvalue weighted by Gasteiger charge is -1.96. The van der Waals surface area contributed by atoms with Gasteiger partial charge in [-0.1, -0.05) is 30.8 Å². The van der Waals surface area contributed by atoms with E-state index < -0.39 is 0 Å². The molecular weight excluding hydrogens is 136 g/mol. The first-order valence-electron chi connectivity index (χ1n) is 3.38. The fraction of sp³-hybridized carbons (Fsp3) is 0.100. The van der Waals surface area contributed by atoms with Crippen LogP contribution in [0.2, 0.25) is 0 Å². The Morgan fingerprint density at radius 3 is 2.45 bits per heavy atom. The van der Waals surface area contributed by atoms with Crippen molar-refractivity contribution in [1.29, 1.82) is 0 Å². The second kappa shape index (κ2) is 3.15. The molecule has 1 aromatic rings. The summed E-state index contributed by atoms with van der Waals surface area (Å²) in [5, 5.41) is 0. The van der Waals surface area contributed by atoms with Gasteiger partial charge in [0.2, 0.25) is 0 Å². The number of rotatable bonds is 2. The van der Waals surface area contributed by atoms with Gasteiger partial charge in [0.25, 0.3) is 0 Å². The van der Waals surface area contributed by atoms with Crippen LogP contribution in [0.3, 0.4) is 0 Å². The van der Waals surface area contributed by atoms with Crippen LogP contribution in [0.4, 0.5) is 0 Å². The summed E-state index contributed by atoms with van der Waals surface area (Å²) in [5.41, 5.74) is 1.24. The summed E-state index contributed by atoms with van der Waals surface area (Å²) in [6.45, 7) is 5.28. The van der Waals surface area contributed by atoms with Gasteiger partial charge in [-0.05, 0) is 18.6 Å². The van der Waals surface area contributed by atoms with E-state index in [9.17, 15) is 4.79 Å². The van der Waals surface area contributed by atoms with Crippen LogP contribution in [0.25, 0.3) is 0 Å². The van der Waals surface area contributed by atoms with E-state index in [2.05, 4.69) is 12.6 Å². The van der Waals surface area contributed by atoms with Gasteiger partial charge >= 0.3 is 0 Å². The molecule has 1 aromatic carbocycles. The normalized spacial score (nSPS) is 9.18. The van der Waals surface area contributed by atoms with Gasteiger partial charge in [-0.15, -0.1) is 0 Å². The number of ketones is 1. The smallest absolute Gasteiger partial charge is 0.188 e. The van der Waals surface area contributed by atoms with Gasteiger partial charge in [0, 0.05) is 5.56 Å². The maximum atomic E-state index is 11.2. The number of benzene rings is 1. The van der Waals surface area contributed by atoms with Crippen LogP contribution in [-0.2, 0) is 0 Å². The summed E-state index contributed by atoms with van der Waals surface area (Å²) >= 11 is 0. The molecule has 1 radical (unpaired) electrons. The number of carbonyl (C=O) groups excluding carboxylic acids is 1. The summed E-state index contributed by atoms with van der Waals surface area (Å²) in [6.07, 6.45) is 0. The van der Waals surface area contributed by atoms with Crippen LogP contribution in [0.1, 0.15) is 17.3 Å². The van der Waals surface area contributed by atoms with E-state index in [1.807, 2.05) is 0 Å². The Morgan fingerprint density at radius 2 is 2.00 bits per heavy atom. The summed E-state index contributed by atoms with van der Waals surface area (Å²) in [5.74, 6) is -0.000926. The Balaban J connectivity index is 2.95. The van der Waals surface area contributed by atoms with Gasteiger partial charge in [-0.2, -0.15) is 0 Å². The van der Waals surface area contributed by atoms with E-state index in [-0.39, 0.29) is 5.78 Å². The highest BCUT2D eigenvalue weighted by atomic mass is 16.1. The molecule has 0 bridgehead atoms. The lowest BCUT2D eigenvalue weighted by atomic mass is 10.1. The maximum Gasteiger partial charge on any atom is 0.188 e. The average Bonchev–Trinajstić information content (AvgIpc) is 2.05. The van der Waals surface area contributed by atoms with E-state index in [1.165, 1.54) is 0 Å². The summed E-state index contributed by atoms with van der Waals surface area (Å²) < 4.78 is 0. The van der Waals surface area contributed by atoms with E-state index in [0.717, 1.165) is 0 Å². The van der Waals surface area contributed by atoms with Gasteiger partial charge < -0.3 is 0 Å². The third-order valence-electron chi connectivity index (χ3n) is 1.37. The predicted octanol–water partition coefficient (Wildman–Crippen LogP) is 2.25. The van der Waals surface area contributed by atoms with E-state index in [4.69, 9.17) is 0 Å². The topological polar surface area (TPSA) is 17.1 Å². The van der Waals surface area contributed by atoms with Crippen LogP contribution in [0.15, 0.2) is 36.4 Å².